The van der Waals surface area contributed by atoms with Gasteiger partial charge in [0.2, 0.25) is 5.91 Å². The number of rotatable bonds is 10. The summed E-state index contributed by atoms with van der Waals surface area (Å²) in [5.74, 6) is 1.12. The average molecular weight is 513 g/mol. The standard InChI is InChI=1S/C27H31Cl2N5O/c1-32-20(16-19-8-5-6-9-23(19)32)11-12-27-33(2)24-17-21(28)22(29)18-25(24)34(27)15-7-3-4-10-26(35)31-14-13-30/h5-6,8-9,11-12,16-18H,3-4,7,10,13-15,30H2,1-2H3/p+1. The number of hydrogen-bond acceptors (Lipinski definition) is 2. The molecular weight excluding hydrogens is 481 g/mol. The van der Waals surface area contributed by atoms with Crippen molar-refractivity contribution < 1.29 is 9.36 Å². The van der Waals surface area contributed by atoms with E-state index in [0.717, 1.165) is 48.4 Å². The summed E-state index contributed by atoms with van der Waals surface area (Å²) in [6, 6.07) is 14.4. The minimum Gasteiger partial charge on any atom is -0.355 e. The van der Waals surface area contributed by atoms with Gasteiger partial charge in [-0.2, -0.15) is 0 Å². The maximum absolute atomic E-state index is 11.8. The van der Waals surface area contributed by atoms with E-state index in [9.17, 15) is 4.79 Å². The van der Waals surface area contributed by atoms with Gasteiger partial charge in [-0.1, -0.05) is 41.4 Å². The lowest BCUT2D eigenvalue weighted by Gasteiger charge is -2.04. The molecule has 0 radical (unpaired) electrons. The Labute approximate surface area is 215 Å². The average Bonchev–Trinajstić information content (AvgIpc) is 3.30. The molecule has 2 heterocycles. The zero-order valence-corrected chi connectivity index (χ0v) is 21.7. The molecule has 8 heteroatoms. The quantitative estimate of drug-likeness (QED) is 0.230. The van der Waals surface area contributed by atoms with Gasteiger partial charge < -0.3 is 15.6 Å². The SMILES string of the molecule is Cn1c(/C=C/c2n(CCCCCC(=O)NCCN)c3cc(Cl)c(Cl)cc3[n+]2C)cc2ccccc21. The number of para-hydroxylation sites is 1. The molecule has 6 nitrogen and oxygen atoms in total. The van der Waals surface area contributed by atoms with Gasteiger partial charge in [-0.25, -0.2) is 9.13 Å². The Bertz CT molecular complexity index is 1390. The van der Waals surface area contributed by atoms with Gasteiger partial charge in [-0.05, 0) is 37.5 Å². The number of amides is 1. The fraction of sp³-hybridized carbons (Fsp3) is 0.333. The van der Waals surface area contributed by atoms with Gasteiger partial charge in [0.25, 0.3) is 5.82 Å². The topological polar surface area (TPSA) is 68.9 Å². The number of aromatic nitrogens is 3. The van der Waals surface area contributed by atoms with Gasteiger partial charge in [0.1, 0.15) is 0 Å². The predicted octanol–water partition coefficient (Wildman–Crippen LogP) is 5.07. The number of imidazole rings is 1. The molecule has 0 saturated carbocycles. The highest BCUT2D eigenvalue weighted by Gasteiger charge is 2.22. The number of halogens is 2. The number of carbonyl (C=O) groups is 1. The molecule has 3 N–H and O–H groups in total. The summed E-state index contributed by atoms with van der Waals surface area (Å²) in [6.45, 7) is 1.81. The number of unbranched alkanes of at least 4 members (excludes halogenated alkanes) is 2. The smallest absolute Gasteiger partial charge is 0.282 e. The van der Waals surface area contributed by atoms with Gasteiger partial charge >= 0.3 is 0 Å². The highest BCUT2D eigenvalue weighted by atomic mass is 35.5. The molecule has 4 rings (SSSR count). The molecule has 0 unspecified atom stereocenters. The highest BCUT2D eigenvalue weighted by molar-refractivity contribution is 6.42. The van der Waals surface area contributed by atoms with E-state index in [1.54, 1.807) is 0 Å². The number of nitrogens with one attached hydrogen (secondary N) is 1. The van der Waals surface area contributed by atoms with E-state index >= 15 is 0 Å². The molecule has 2 aromatic heterocycles. The molecule has 0 aliphatic rings. The van der Waals surface area contributed by atoms with E-state index in [0.29, 0.717) is 29.6 Å². The molecular formula is C27H32Cl2N5O+. The second-order valence-electron chi connectivity index (χ2n) is 8.79. The number of hydrogen-bond donors (Lipinski definition) is 2. The van der Waals surface area contributed by atoms with Crippen LogP contribution in [-0.4, -0.2) is 28.1 Å². The fourth-order valence-electron chi connectivity index (χ4n) is 4.54. The maximum atomic E-state index is 11.8. The van der Waals surface area contributed by atoms with Crippen LogP contribution in [0.2, 0.25) is 10.0 Å². The van der Waals surface area contributed by atoms with Crippen LogP contribution in [0.5, 0.6) is 0 Å². The number of nitrogens with two attached hydrogens (primary N) is 1. The number of nitrogens with zero attached hydrogens (tertiary/aromatic N) is 3. The normalized spacial score (nSPS) is 11.8. The summed E-state index contributed by atoms with van der Waals surface area (Å²) in [4.78, 5) is 11.8. The van der Waals surface area contributed by atoms with Crippen molar-refractivity contribution in [3.8, 4) is 0 Å². The van der Waals surface area contributed by atoms with E-state index in [1.165, 1.54) is 10.9 Å². The van der Waals surface area contributed by atoms with Crippen molar-refractivity contribution in [2.24, 2.45) is 19.8 Å². The third-order valence-electron chi connectivity index (χ3n) is 6.43. The molecule has 184 valence electrons. The molecule has 0 aliphatic carbocycles. The first kappa shape index (κ1) is 25.3. The summed E-state index contributed by atoms with van der Waals surface area (Å²) in [5, 5.41) is 5.12. The zero-order valence-electron chi connectivity index (χ0n) is 20.2. The maximum Gasteiger partial charge on any atom is 0.282 e. The minimum absolute atomic E-state index is 0.0632. The van der Waals surface area contributed by atoms with Gasteiger partial charge in [-0.15, -0.1) is 0 Å². The Morgan fingerprint density at radius 2 is 1.83 bits per heavy atom. The van der Waals surface area contributed by atoms with E-state index in [-0.39, 0.29) is 5.91 Å². The lowest BCUT2D eigenvalue weighted by atomic mass is 10.2. The van der Waals surface area contributed by atoms with Crippen LogP contribution in [0.3, 0.4) is 0 Å². The van der Waals surface area contributed by atoms with Gasteiger partial charge in [0.15, 0.2) is 11.0 Å². The molecule has 0 fully saturated rings. The molecule has 0 bridgehead atoms. The first-order valence-corrected chi connectivity index (χ1v) is 12.7. The Hall–Kier alpha value is -2.80. The second kappa shape index (κ2) is 11.3. The van der Waals surface area contributed by atoms with Crippen molar-refractivity contribution in [2.75, 3.05) is 13.1 Å². The number of fused-ring (bicyclic) bond motifs is 2. The molecule has 0 atom stereocenters. The van der Waals surface area contributed by atoms with Gasteiger partial charge in [0, 0.05) is 61.4 Å². The Kier molecular flexibility index (Phi) is 8.16. The van der Waals surface area contributed by atoms with E-state index in [2.05, 4.69) is 68.5 Å². The van der Waals surface area contributed by atoms with E-state index < -0.39 is 0 Å². The minimum atomic E-state index is 0.0632. The van der Waals surface area contributed by atoms with Crippen molar-refractivity contribution in [1.29, 1.82) is 0 Å². The largest absolute Gasteiger partial charge is 0.355 e. The van der Waals surface area contributed by atoms with Crippen molar-refractivity contribution in [1.82, 2.24) is 14.5 Å². The summed E-state index contributed by atoms with van der Waals surface area (Å²) in [5.41, 5.74) is 9.84. The first-order valence-electron chi connectivity index (χ1n) is 12.0. The zero-order chi connectivity index (χ0) is 24.9. The fourth-order valence-corrected chi connectivity index (χ4v) is 4.85. The highest BCUT2D eigenvalue weighted by Crippen LogP contribution is 2.28. The van der Waals surface area contributed by atoms with Crippen molar-refractivity contribution in [3.63, 3.8) is 0 Å². The van der Waals surface area contributed by atoms with E-state index in [4.69, 9.17) is 28.9 Å². The monoisotopic (exact) mass is 512 g/mol. The van der Waals surface area contributed by atoms with Crippen LogP contribution in [0.4, 0.5) is 0 Å². The van der Waals surface area contributed by atoms with Crippen LogP contribution in [0.25, 0.3) is 34.1 Å². The molecule has 4 aromatic rings. The van der Waals surface area contributed by atoms with Gasteiger partial charge in [0.05, 0.1) is 23.6 Å². The first-order chi connectivity index (χ1) is 16.9. The third-order valence-corrected chi connectivity index (χ3v) is 7.16. The van der Waals surface area contributed by atoms with Crippen molar-refractivity contribution in [3.05, 3.63) is 64.0 Å². The summed E-state index contributed by atoms with van der Waals surface area (Å²) in [7, 11) is 4.13. The Balaban J connectivity index is 1.59. The molecule has 2 aromatic carbocycles. The Morgan fingerprint density at radius 3 is 2.60 bits per heavy atom. The number of carbonyl (C=O) groups excluding carboxylic acids is 1. The number of aryl methyl sites for hydroxylation is 3. The predicted molar refractivity (Wildman–Crippen MR) is 146 cm³/mol. The molecule has 0 spiro atoms. The lowest BCUT2D eigenvalue weighted by Crippen LogP contribution is -2.31. The Morgan fingerprint density at radius 1 is 1.06 bits per heavy atom. The molecule has 35 heavy (non-hydrogen) atoms. The molecule has 0 saturated heterocycles. The van der Waals surface area contributed by atoms with E-state index in [1.807, 2.05) is 19.2 Å². The lowest BCUT2D eigenvalue weighted by molar-refractivity contribution is -0.647. The second-order valence-corrected chi connectivity index (χ2v) is 9.61. The summed E-state index contributed by atoms with van der Waals surface area (Å²) in [6.07, 6.45) is 7.56. The molecule has 1 amide bonds. The van der Waals surface area contributed by atoms with Crippen LogP contribution in [0.1, 0.15) is 37.2 Å². The summed E-state index contributed by atoms with van der Waals surface area (Å²) < 4.78 is 6.63. The van der Waals surface area contributed by atoms with Crippen LogP contribution in [0, 0.1) is 0 Å². The van der Waals surface area contributed by atoms with Crippen LogP contribution >= 0.6 is 23.2 Å². The van der Waals surface area contributed by atoms with Crippen molar-refractivity contribution >= 4 is 63.2 Å². The van der Waals surface area contributed by atoms with Crippen LogP contribution in [0.15, 0.2) is 42.5 Å². The van der Waals surface area contributed by atoms with Crippen LogP contribution < -0.4 is 15.6 Å². The third kappa shape index (κ3) is 5.56. The number of benzene rings is 2. The summed E-state index contributed by atoms with van der Waals surface area (Å²) >= 11 is 12.7. The van der Waals surface area contributed by atoms with Crippen LogP contribution in [-0.2, 0) is 25.4 Å². The molecule has 0 aliphatic heterocycles. The van der Waals surface area contributed by atoms with Crippen molar-refractivity contribution in [2.45, 2.75) is 32.2 Å². The van der Waals surface area contributed by atoms with Gasteiger partial charge in [-0.3, -0.25) is 4.79 Å².